The number of rotatable bonds is 4. The van der Waals surface area contributed by atoms with Gasteiger partial charge in [-0.25, -0.2) is 9.69 Å². The Labute approximate surface area is 107 Å². The van der Waals surface area contributed by atoms with Gasteiger partial charge in [0.15, 0.2) is 0 Å². The third-order valence-corrected chi connectivity index (χ3v) is 3.41. The minimum Gasteiger partial charge on any atom is -0.447 e. The van der Waals surface area contributed by atoms with Crippen molar-refractivity contribution in [2.24, 2.45) is 0 Å². The molecule has 18 heavy (non-hydrogen) atoms. The molecule has 1 unspecified atom stereocenters. The van der Waals surface area contributed by atoms with Gasteiger partial charge in [-0.15, -0.1) is 0 Å². The van der Waals surface area contributed by atoms with Crippen LogP contribution in [0.15, 0.2) is 0 Å². The quantitative estimate of drug-likeness (QED) is 0.768. The van der Waals surface area contributed by atoms with Crippen molar-refractivity contribution in [3.63, 3.8) is 0 Å². The third-order valence-electron chi connectivity index (χ3n) is 3.41. The molecule has 0 bridgehead atoms. The van der Waals surface area contributed by atoms with Gasteiger partial charge in [0.25, 0.3) is 0 Å². The van der Waals surface area contributed by atoms with E-state index >= 15 is 0 Å². The summed E-state index contributed by atoms with van der Waals surface area (Å²) in [5, 5.41) is 3.44. The van der Waals surface area contributed by atoms with Crippen LogP contribution < -0.4 is 5.32 Å². The molecule has 0 spiro atoms. The highest BCUT2D eigenvalue weighted by molar-refractivity contribution is 5.93. The monoisotopic (exact) mass is 255 g/mol. The molecule has 6 nitrogen and oxygen atoms in total. The zero-order valence-electron chi connectivity index (χ0n) is 10.9. The maximum atomic E-state index is 11.9. The number of hydrogen-bond acceptors (Lipinski definition) is 5. The molecule has 0 saturated carbocycles. The Kier molecular flexibility index (Phi) is 4.54. The van der Waals surface area contributed by atoms with Crippen LogP contribution in [0.3, 0.4) is 0 Å². The Morgan fingerprint density at radius 2 is 2.39 bits per heavy atom. The van der Waals surface area contributed by atoms with E-state index in [1.54, 1.807) is 0 Å². The maximum absolute atomic E-state index is 11.9. The highest BCUT2D eigenvalue weighted by Gasteiger charge is 2.29. The molecule has 6 heteroatoms. The fourth-order valence-electron chi connectivity index (χ4n) is 2.46. The summed E-state index contributed by atoms with van der Waals surface area (Å²) in [5.74, 6) is -0.171. The minimum absolute atomic E-state index is 0.171. The first-order valence-corrected chi connectivity index (χ1v) is 6.56. The lowest BCUT2D eigenvalue weighted by atomic mass is 10.0. The van der Waals surface area contributed by atoms with Gasteiger partial charge in [-0.2, -0.15) is 0 Å². The highest BCUT2D eigenvalue weighted by Crippen LogP contribution is 2.09. The molecule has 0 radical (unpaired) electrons. The molecule has 2 aliphatic rings. The maximum Gasteiger partial charge on any atom is 0.416 e. The highest BCUT2D eigenvalue weighted by atomic mass is 16.6. The van der Waals surface area contributed by atoms with E-state index in [1.165, 1.54) is 17.7 Å². The topological polar surface area (TPSA) is 61.9 Å². The van der Waals surface area contributed by atoms with Gasteiger partial charge in [-0.1, -0.05) is 6.42 Å². The Morgan fingerprint density at radius 3 is 3.00 bits per heavy atom. The average molecular weight is 255 g/mol. The second-order valence-electron chi connectivity index (χ2n) is 5.00. The smallest absolute Gasteiger partial charge is 0.416 e. The number of nitrogens with one attached hydrogen (secondary N) is 1. The number of cyclic esters (lactones) is 1. The van der Waals surface area contributed by atoms with Gasteiger partial charge in [-0.05, 0) is 26.4 Å². The Hall–Kier alpha value is -1.14. The molecule has 2 fully saturated rings. The van der Waals surface area contributed by atoms with Gasteiger partial charge in [0.2, 0.25) is 5.91 Å². The molecule has 2 aliphatic heterocycles. The van der Waals surface area contributed by atoms with E-state index in [1.807, 2.05) is 11.9 Å². The number of carbonyl (C=O) groups is 2. The van der Waals surface area contributed by atoms with Gasteiger partial charge >= 0.3 is 6.09 Å². The van der Waals surface area contributed by atoms with Crippen molar-refractivity contribution < 1.29 is 14.3 Å². The van der Waals surface area contributed by atoms with Crippen LogP contribution in [0.25, 0.3) is 0 Å². The lowest BCUT2D eigenvalue weighted by Gasteiger charge is -2.28. The lowest BCUT2D eigenvalue weighted by Crippen LogP contribution is -2.46. The number of amides is 2. The fourth-order valence-corrected chi connectivity index (χ4v) is 2.46. The predicted molar refractivity (Wildman–Crippen MR) is 66.2 cm³/mol. The fraction of sp³-hybridized carbons (Fsp3) is 0.833. The number of carbonyl (C=O) groups excluding carboxylic acids is 2. The molecule has 0 aromatic rings. The summed E-state index contributed by atoms with van der Waals surface area (Å²) in [6.07, 6.45) is 3.13. The molecule has 2 rings (SSSR count). The number of nitrogens with zero attached hydrogens (tertiary/aromatic N) is 2. The first-order chi connectivity index (χ1) is 8.66. The molecule has 2 amide bonds. The predicted octanol–water partition coefficient (Wildman–Crippen LogP) is 0.0391. The van der Waals surface area contributed by atoms with Crippen LogP contribution >= 0.6 is 0 Å². The van der Waals surface area contributed by atoms with E-state index in [2.05, 4.69) is 5.32 Å². The SMILES string of the molecule is CN(CC(=O)N1CCOC1=O)CC1CCCCN1. The summed E-state index contributed by atoms with van der Waals surface area (Å²) in [7, 11) is 1.91. The first kappa shape index (κ1) is 13.3. The lowest BCUT2D eigenvalue weighted by molar-refractivity contribution is -0.128. The number of piperidine rings is 1. The molecule has 2 heterocycles. The minimum atomic E-state index is -0.510. The molecule has 1 N–H and O–H groups in total. The summed E-state index contributed by atoms with van der Waals surface area (Å²) >= 11 is 0. The Morgan fingerprint density at radius 1 is 1.56 bits per heavy atom. The van der Waals surface area contributed by atoms with Crippen LogP contribution in [-0.4, -0.2) is 67.7 Å². The van der Waals surface area contributed by atoms with Gasteiger partial charge in [0.05, 0.1) is 13.1 Å². The standard InChI is InChI=1S/C12H21N3O3/c1-14(8-10-4-2-3-5-13-10)9-11(16)15-6-7-18-12(15)17/h10,13H,2-9H2,1H3. The summed E-state index contributed by atoms with van der Waals surface area (Å²) in [6.45, 7) is 2.87. The van der Waals surface area contributed by atoms with Crippen LogP contribution in [-0.2, 0) is 9.53 Å². The van der Waals surface area contributed by atoms with E-state index in [0.29, 0.717) is 19.2 Å². The molecular formula is C12H21N3O3. The molecule has 0 aromatic carbocycles. The van der Waals surface area contributed by atoms with Crippen LogP contribution in [0, 0.1) is 0 Å². The van der Waals surface area contributed by atoms with Gasteiger partial charge in [-0.3, -0.25) is 9.69 Å². The van der Waals surface area contributed by atoms with Crippen molar-refractivity contribution in [2.45, 2.75) is 25.3 Å². The Bertz CT molecular complexity index is 316. The largest absolute Gasteiger partial charge is 0.447 e. The molecular weight excluding hydrogens is 234 g/mol. The van der Waals surface area contributed by atoms with E-state index in [9.17, 15) is 9.59 Å². The molecule has 1 atom stereocenters. The average Bonchev–Trinajstić information content (AvgIpc) is 2.76. The second kappa shape index (κ2) is 6.15. The van der Waals surface area contributed by atoms with Crippen molar-refractivity contribution in [3.8, 4) is 0 Å². The van der Waals surface area contributed by atoms with E-state index < -0.39 is 6.09 Å². The van der Waals surface area contributed by atoms with Crippen LogP contribution in [0.4, 0.5) is 4.79 Å². The third kappa shape index (κ3) is 3.43. The van der Waals surface area contributed by atoms with Crippen LogP contribution in [0.1, 0.15) is 19.3 Å². The molecule has 0 aromatic heterocycles. The summed E-state index contributed by atoms with van der Waals surface area (Å²) in [6, 6.07) is 0.460. The Balaban J connectivity index is 1.74. The van der Waals surface area contributed by atoms with E-state index in [0.717, 1.165) is 19.5 Å². The van der Waals surface area contributed by atoms with Crippen molar-refractivity contribution in [2.75, 3.05) is 39.8 Å². The normalized spacial score (nSPS) is 24.4. The zero-order valence-corrected chi connectivity index (χ0v) is 10.9. The van der Waals surface area contributed by atoms with Crippen molar-refractivity contribution in [3.05, 3.63) is 0 Å². The number of imide groups is 1. The van der Waals surface area contributed by atoms with Crippen molar-refractivity contribution in [1.29, 1.82) is 0 Å². The number of likely N-dealkylation sites (N-methyl/N-ethyl adjacent to an activating group) is 1. The second-order valence-corrected chi connectivity index (χ2v) is 5.00. The summed E-state index contributed by atoms with van der Waals surface area (Å²) < 4.78 is 4.75. The van der Waals surface area contributed by atoms with Gasteiger partial charge < -0.3 is 10.1 Å². The molecule has 0 aliphatic carbocycles. The number of ether oxygens (including phenoxy) is 1. The van der Waals surface area contributed by atoms with Crippen LogP contribution in [0.5, 0.6) is 0 Å². The first-order valence-electron chi connectivity index (χ1n) is 6.56. The van der Waals surface area contributed by atoms with Crippen molar-refractivity contribution in [1.82, 2.24) is 15.1 Å². The number of hydrogen-bond donors (Lipinski definition) is 1. The van der Waals surface area contributed by atoms with E-state index in [-0.39, 0.29) is 12.5 Å². The molecule has 102 valence electrons. The van der Waals surface area contributed by atoms with Gasteiger partial charge in [0, 0.05) is 12.6 Å². The molecule has 2 saturated heterocycles. The summed E-state index contributed by atoms with van der Waals surface area (Å²) in [4.78, 5) is 26.3. The van der Waals surface area contributed by atoms with Crippen LogP contribution in [0.2, 0.25) is 0 Å². The summed E-state index contributed by atoms with van der Waals surface area (Å²) in [5.41, 5.74) is 0. The van der Waals surface area contributed by atoms with Crippen molar-refractivity contribution >= 4 is 12.0 Å². The zero-order chi connectivity index (χ0) is 13.0. The van der Waals surface area contributed by atoms with E-state index in [4.69, 9.17) is 4.74 Å². The van der Waals surface area contributed by atoms with Gasteiger partial charge in [0.1, 0.15) is 6.61 Å².